The van der Waals surface area contributed by atoms with Crippen molar-refractivity contribution in [3.8, 4) is 11.1 Å². The van der Waals surface area contributed by atoms with E-state index >= 15 is 0 Å². The minimum atomic E-state index is 0.417. The topological polar surface area (TPSA) is 0 Å². The van der Waals surface area contributed by atoms with Crippen LogP contribution >= 0.6 is 0 Å². The highest BCUT2D eigenvalue weighted by Gasteiger charge is 2.08. The van der Waals surface area contributed by atoms with Crippen LogP contribution in [-0.2, 0) is 0 Å². The summed E-state index contributed by atoms with van der Waals surface area (Å²) >= 11 is 0. The van der Waals surface area contributed by atoms with Crippen molar-refractivity contribution in [2.24, 2.45) is 0 Å². The van der Waals surface area contributed by atoms with Gasteiger partial charge in [0.2, 0.25) is 0 Å². The molecule has 3 aromatic rings. The van der Waals surface area contributed by atoms with Crippen molar-refractivity contribution in [3.05, 3.63) is 96.1 Å². The summed E-state index contributed by atoms with van der Waals surface area (Å²) in [6, 6.07) is 30.0. The van der Waals surface area contributed by atoms with E-state index in [2.05, 4.69) is 91.9 Å². The molecule has 0 bridgehead atoms. The Morgan fingerprint density at radius 3 is 1.80 bits per heavy atom. The minimum absolute atomic E-state index is 0.417. The van der Waals surface area contributed by atoms with Gasteiger partial charge in [-0.3, -0.25) is 0 Å². The summed E-state index contributed by atoms with van der Waals surface area (Å²) in [4.78, 5) is 0. The summed E-state index contributed by atoms with van der Waals surface area (Å²) < 4.78 is 0. The summed E-state index contributed by atoms with van der Waals surface area (Å²) in [5.41, 5.74) is 5.27. The van der Waals surface area contributed by atoms with Gasteiger partial charge in [-0.05, 0) is 22.3 Å². The molecule has 0 radical (unpaired) electrons. The van der Waals surface area contributed by atoms with E-state index in [0.29, 0.717) is 5.92 Å². The first-order valence-corrected chi connectivity index (χ1v) is 7.05. The lowest BCUT2D eigenvalue weighted by molar-refractivity contribution is 0.923. The van der Waals surface area contributed by atoms with E-state index < -0.39 is 0 Å². The monoisotopic (exact) mass is 258 g/mol. The largest absolute Gasteiger partial charge is 0.0622 e. The number of benzene rings is 3. The van der Waals surface area contributed by atoms with Gasteiger partial charge in [-0.1, -0.05) is 91.9 Å². The van der Waals surface area contributed by atoms with Crippen molar-refractivity contribution in [2.75, 3.05) is 0 Å². The SMILES string of the molecule is CC(c1ccccc1)c1cccc(-c2ccccc2)c1. The molecule has 0 heterocycles. The lowest BCUT2D eigenvalue weighted by Crippen LogP contribution is -1.95. The van der Waals surface area contributed by atoms with Crippen molar-refractivity contribution < 1.29 is 0 Å². The van der Waals surface area contributed by atoms with Crippen molar-refractivity contribution in [1.29, 1.82) is 0 Å². The van der Waals surface area contributed by atoms with Gasteiger partial charge in [0.25, 0.3) is 0 Å². The summed E-state index contributed by atoms with van der Waals surface area (Å²) in [6.45, 7) is 2.26. The zero-order valence-corrected chi connectivity index (χ0v) is 11.7. The summed E-state index contributed by atoms with van der Waals surface area (Å²) in [5, 5.41) is 0. The molecule has 1 unspecified atom stereocenters. The Bertz CT molecular complexity index is 669. The Labute approximate surface area is 120 Å². The molecular weight excluding hydrogens is 240 g/mol. The average Bonchev–Trinajstić information content (AvgIpc) is 2.56. The third kappa shape index (κ3) is 2.65. The average molecular weight is 258 g/mol. The van der Waals surface area contributed by atoms with Crippen LogP contribution in [0.5, 0.6) is 0 Å². The molecule has 0 aliphatic rings. The fourth-order valence-electron chi connectivity index (χ4n) is 2.55. The van der Waals surface area contributed by atoms with Crippen LogP contribution in [0.4, 0.5) is 0 Å². The van der Waals surface area contributed by atoms with Crippen molar-refractivity contribution >= 4 is 0 Å². The van der Waals surface area contributed by atoms with Gasteiger partial charge >= 0.3 is 0 Å². The molecule has 20 heavy (non-hydrogen) atoms. The van der Waals surface area contributed by atoms with Crippen LogP contribution in [0.15, 0.2) is 84.9 Å². The Morgan fingerprint density at radius 2 is 1.10 bits per heavy atom. The zero-order chi connectivity index (χ0) is 13.8. The highest BCUT2D eigenvalue weighted by Crippen LogP contribution is 2.28. The maximum atomic E-state index is 2.30. The first kappa shape index (κ1) is 12.7. The molecule has 98 valence electrons. The molecule has 0 fully saturated rings. The van der Waals surface area contributed by atoms with Crippen molar-refractivity contribution in [2.45, 2.75) is 12.8 Å². The predicted octanol–water partition coefficient (Wildman–Crippen LogP) is 5.51. The van der Waals surface area contributed by atoms with E-state index in [1.165, 1.54) is 22.3 Å². The van der Waals surface area contributed by atoms with E-state index in [4.69, 9.17) is 0 Å². The highest BCUT2D eigenvalue weighted by molar-refractivity contribution is 5.64. The second-order valence-corrected chi connectivity index (χ2v) is 5.12. The van der Waals surface area contributed by atoms with E-state index in [-0.39, 0.29) is 0 Å². The minimum Gasteiger partial charge on any atom is -0.0622 e. The fourth-order valence-corrected chi connectivity index (χ4v) is 2.55. The quantitative estimate of drug-likeness (QED) is 0.581. The second-order valence-electron chi connectivity index (χ2n) is 5.12. The lowest BCUT2D eigenvalue weighted by Gasteiger charge is -2.14. The Balaban J connectivity index is 1.96. The van der Waals surface area contributed by atoms with E-state index in [9.17, 15) is 0 Å². The lowest BCUT2D eigenvalue weighted by atomic mass is 9.91. The molecule has 0 saturated heterocycles. The van der Waals surface area contributed by atoms with Crippen molar-refractivity contribution in [1.82, 2.24) is 0 Å². The molecule has 0 aromatic heterocycles. The molecule has 3 rings (SSSR count). The standard InChI is InChI=1S/C20H18/c1-16(17-9-4-2-5-10-17)19-13-8-14-20(15-19)18-11-6-3-7-12-18/h2-16H,1H3. The van der Waals surface area contributed by atoms with Crippen LogP contribution < -0.4 is 0 Å². The van der Waals surface area contributed by atoms with Gasteiger partial charge in [-0.25, -0.2) is 0 Å². The maximum Gasteiger partial charge on any atom is 0.00612 e. The Morgan fingerprint density at radius 1 is 0.550 bits per heavy atom. The number of hydrogen-bond donors (Lipinski definition) is 0. The van der Waals surface area contributed by atoms with Gasteiger partial charge in [0.05, 0.1) is 0 Å². The number of rotatable bonds is 3. The van der Waals surface area contributed by atoms with Gasteiger partial charge in [-0.15, -0.1) is 0 Å². The second kappa shape index (κ2) is 5.75. The van der Waals surface area contributed by atoms with Gasteiger partial charge in [-0.2, -0.15) is 0 Å². The molecule has 0 aliphatic heterocycles. The van der Waals surface area contributed by atoms with E-state index in [1.54, 1.807) is 0 Å². The smallest absolute Gasteiger partial charge is 0.00612 e. The third-order valence-corrected chi connectivity index (χ3v) is 3.79. The molecule has 0 amide bonds. The van der Waals surface area contributed by atoms with Crippen LogP contribution in [0.3, 0.4) is 0 Å². The zero-order valence-electron chi connectivity index (χ0n) is 11.7. The van der Waals surface area contributed by atoms with Gasteiger partial charge in [0, 0.05) is 5.92 Å². The van der Waals surface area contributed by atoms with Crippen molar-refractivity contribution in [3.63, 3.8) is 0 Å². The van der Waals surface area contributed by atoms with Crippen LogP contribution in [-0.4, -0.2) is 0 Å². The summed E-state index contributed by atoms with van der Waals surface area (Å²) in [5.74, 6) is 0.417. The van der Waals surface area contributed by atoms with Crippen LogP contribution in [0.1, 0.15) is 24.0 Å². The van der Waals surface area contributed by atoms with E-state index in [1.807, 2.05) is 0 Å². The Kier molecular flexibility index (Phi) is 3.64. The molecule has 0 N–H and O–H groups in total. The third-order valence-electron chi connectivity index (χ3n) is 3.79. The summed E-state index contributed by atoms with van der Waals surface area (Å²) in [7, 11) is 0. The molecule has 0 heteroatoms. The number of hydrogen-bond acceptors (Lipinski definition) is 0. The van der Waals surface area contributed by atoms with Crippen LogP contribution in [0.25, 0.3) is 11.1 Å². The van der Waals surface area contributed by atoms with Crippen LogP contribution in [0.2, 0.25) is 0 Å². The Hall–Kier alpha value is -2.34. The van der Waals surface area contributed by atoms with Gasteiger partial charge in [0.15, 0.2) is 0 Å². The fraction of sp³-hybridized carbons (Fsp3) is 0.100. The van der Waals surface area contributed by atoms with Gasteiger partial charge < -0.3 is 0 Å². The molecule has 0 spiro atoms. The summed E-state index contributed by atoms with van der Waals surface area (Å²) in [6.07, 6.45) is 0. The molecule has 0 nitrogen and oxygen atoms in total. The molecular formula is C20H18. The molecule has 3 aromatic carbocycles. The molecule has 0 saturated carbocycles. The van der Waals surface area contributed by atoms with E-state index in [0.717, 1.165) is 0 Å². The first-order valence-electron chi connectivity index (χ1n) is 7.05. The molecule has 0 aliphatic carbocycles. The normalized spacial score (nSPS) is 12.1. The van der Waals surface area contributed by atoms with Gasteiger partial charge in [0.1, 0.15) is 0 Å². The highest BCUT2D eigenvalue weighted by atomic mass is 14.1. The predicted molar refractivity (Wildman–Crippen MR) is 85.8 cm³/mol. The van der Waals surface area contributed by atoms with Crippen LogP contribution in [0, 0.1) is 0 Å². The molecule has 1 atom stereocenters. The maximum absolute atomic E-state index is 2.30. The first-order chi connectivity index (χ1) is 9.84.